The summed E-state index contributed by atoms with van der Waals surface area (Å²) >= 11 is 1.47. The molecule has 0 N–H and O–H groups in total. The van der Waals surface area contributed by atoms with E-state index in [-0.39, 0.29) is 12.4 Å². The zero-order valence-electron chi connectivity index (χ0n) is 17.0. The van der Waals surface area contributed by atoms with Crippen molar-refractivity contribution in [3.05, 3.63) is 75.7 Å². The molecule has 2 aromatic heterocycles. The summed E-state index contributed by atoms with van der Waals surface area (Å²) in [6.45, 7) is 4.83. The molecule has 0 unspecified atom stereocenters. The number of ether oxygens (including phenoxy) is 2. The van der Waals surface area contributed by atoms with E-state index >= 15 is 0 Å². The topological polar surface area (TPSA) is 58.3 Å². The monoisotopic (exact) mass is 419 g/mol. The predicted molar refractivity (Wildman–Crippen MR) is 118 cm³/mol. The summed E-state index contributed by atoms with van der Waals surface area (Å²) in [7, 11) is 0. The van der Waals surface area contributed by atoms with Gasteiger partial charge in [0.2, 0.25) is 6.79 Å². The lowest BCUT2D eigenvalue weighted by Crippen LogP contribution is -2.23. The molecule has 1 aliphatic rings. The van der Waals surface area contributed by atoms with E-state index in [2.05, 4.69) is 0 Å². The van der Waals surface area contributed by atoms with Crippen molar-refractivity contribution in [3.63, 3.8) is 0 Å². The van der Waals surface area contributed by atoms with Crippen molar-refractivity contribution < 1.29 is 9.47 Å². The molecule has 0 aliphatic carbocycles. The zero-order valence-corrected chi connectivity index (χ0v) is 17.8. The van der Waals surface area contributed by atoms with Crippen molar-refractivity contribution in [2.24, 2.45) is 0 Å². The highest BCUT2D eigenvalue weighted by molar-refractivity contribution is 7.98. The number of rotatable bonds is 4. The van der Waals surface area contributed by atoms with Crippen LogP contribution in [0.2, 0.25) is 0 Å². The van der Waals surface area contributed by atoms with E-state index in [9.17, 15) is 4.79 Å². The number of nitrogens with zero attached hydrogens (tertiary/aromatic N) is 3. The third-order valence-electron chi connectivity index (χ3n) is 5.35. The first kappa shape index (κ1) is 18.8. The van der Waals surface area contributed by atoms with Crippen LogP contribution >= 0.6 is 11.8 Å². The Kier molecular flexibility index (Phi) is 4.55. The van der Waals surface area contributed by atoms with E-state index in [0.29, 0.717) is 22.7 Å². The lowest BCUT2D eigenvalue weighted by Gasteiger charge is -2.13. The van der Waals surface area contributed by atoms with Crippen LogP contribution in [0.3, 0.4) is 0 Å². The van der Waals surface area contributed by atoms with Crippen molar-refractivity contribution in [1.82, 2.24) is 14.1 Å². The maximum atomic E-state index is 13.6. The molecular formula is C23H21N3O3S. The Morgan fingerprint density at radius 2 is 1.80 bits per heavy atom. The van der Waals surface area contributed by atoms with Crippen LogP contribution in [0.4, 0.5) is 0 Å². The molecule has 3 heterocycles. The molecule has 7 heteroatoms. The molecule has 1 aliphatic heterocycles. The molecule has 0 spiro atoms. The van der Waals surface area contributed by atoms with Gasteiger partial charge in [-0.15, -0.1) is 0 Å². The molecule has 0 saturated heterocycles. The van der Waals surface area contributed by atoms with Crippen LogP contribution in [0, 0.1) is 13.8 Å². The minimum Gasteiger partial charge on any atom is -0.454 e. The fourth-order valence-corrected chi connectivity index (χ4v) is 4.36. The first-order chi connectivity index (χ1) is 14.5. The van der Waals surface area contributed by atoms with Gasteiger partial charge in [0.1, 0.15) is 5.52 Å². The second-order valence-corrected chi connectivity index (χ2v) is 8.14. The number of aryl methyl sites for hydroxylation is 2. The van der Waals surface area contributed by atoms with Gasteiger partial charge in [-0.05, 0) is 56.0 Å². The van der Waals surface area contributed by atoms with Gasteiger partial charge >= 0.3 is 0 Å². The van der Waals surface area contributed by atoms with Crippen molar-refractivity contribution in [2.75, 3.05) is 13.0 Å². The largest absolute Gasteiger partial charge is 0.454 e. The Labute approximate surface area is 178 Å². The average molecular weight is 420 g/mol. The standard InChI is InChI=1S/C23H21N3O3S/c1-14-4-7-17(8-5-14)26-22(27)21-18(24-23(26)30-3)10-15(2)25(21)12-16-6-9-19-20(11-16)29-13-28-19/h4-11H,12-13H2,1-3H3. The normalized spacial score (nSPS) is 12.6. The summed E-state index contributed by atoms with van der Waals surface area (Å²) in [5.41, 5.74) is 5.24. The number of hydrogen-bond donors (Lipinski definition) is 0. The van der Waals surface area contributed by atoms with Gasteiger partial charge in [0.15, 0.2) is 16.7 Å². The number of hydrogen-bond acceptors (Lipinski definition) is 5. The summed E-state index contributed by atoms with van der Waals surface area (Å²) in [4.78, 5) is 18.4. The lowest BCUT2D eigenvalue weighted by atomic mass is 10.2. The molecule has 30 heavy (non-hydrogen) atoms. The molecule has 152 valence electrons. The minimum absolute atomic E-state index is 0.0675. The highest BCUT2D eigenvalue weighted by Crippen LogP contribution is 2.33. The summed E-state index contributed by atoms with van der Waals surface area (Å²) in [5.74, 6) is 1.49. The Morgan fingerprint density at radius 3 is 2.57 bits per heavy atom. The van der Waals surface area contributed by atoms with Gasteiger partial charge in [-0.1, -0.05) is 35.5 Å². The number of benzene rings is 2. The molecule has 2 aromatic carbocycles. The van der Waals surface area contributed by atoms with Crippen molar-refractivity contribution >= 4 is 22.8 Å². The smallest absolute Gasteiger partial charge is 0.283 e. The number of thioether (sulfide) groups is 1. The van der Waals surface area contributed by atoms with Gasteiger partial charge in [-0.2, -0.15) is 0 Å². The van der Waals surface area contributed by atoms with Crippen LogP contribution in [-0.4, -0.2) is 27.2 Å². The number of fused-ring (bicyclic) bond motifs is 2. The highest BCUT2D eigenvalue weighted by atomic mass is 32.2. The lowest BCUT2D eigenvalue weighted by molar-refractivity contribution is 0.174. The maximum absolute atomic E-state index is 13.6. The second-order valence-electron chi connectivity index (χ2n) is 7.37. The van der Waals surface area contributed by atoms with Gasteiger partial charge < -0.3 is 14.0 Å². The van der Waals surface area contributed by atoms with E-state index < -0.39 is 0 Å². The molecule has 5 rings (SSSR count). The Morgan fingerprint density at radius 1 is 1.03 bits per heavy atom. The molecule has 0 radical (unpaired) electrons. The highest BCUT2D eigenvalue weighted by Gasteiger charge is 2.19. The van der Waals surface area contributed by atoms with Crippen LogP contribution in [0.25, 0.3) is 16.7 Å². The van der Waals surface area contributed by atoms with Gasteiger partial charge in [-0.3, -0.25) is 9.36 Å². The average Bonchev–Trinajstić information content (AvgIpc) is 3.33. The molecule has 6 nitrogen and oxygen atoms in total. The zero-order chi connectivity index (χ0) is 20.8. The maximum Gasteiger partial charge on any atom is 0.283 e. The quantitative estimate of drug-likeness (QED) is 0.365. The summed E-state index contributed by atoms with van der Waals surface area (Å²) in [6.07, 6.45) is 1.94. The predicted octanol–water partition coefficient (Wildman–Crippen LogP) is 4.30. The van der Waals surface area contributed by atoms with E-state index in [1.54, 1.807) is 4.57 Å². The molecule has 0 atom stereocenters. The molecule has 0 amide bonds. The first-order valence-electron chi connectivity index (χ1n) is 9.67. The van der Waals surface area contributed by atoms with E-state index in [4.69, 9.17) is 14.5 Å². The van der Waals surface area contributed by atoms with Crippen LogP contribution in [0.5, 0.6) is 11.5 Å². The molecule has 0 saturated carbocycles. The Hall–Kier alpha value is -3.19. The number of aromatic nitrogens is 3. The van der Waals surface area contributed by atoms with Crippen LogP contribution in [0.15, 0.2) is 58.5 Å². The van der Waals surface area contributed by atoms with Gasteiger partial charge in [0.05, 0.1) is 11.2 Å². The fourth-order valence-electron chi connectivity index (χ4n) is 3.80. The van der Waals surface area contributed by atoms with Gasteiger partial charge in [0.25, 0.3) is 5.56 Å². The van der Waals surface area contributed by atoms with E-state index in [1.807, 2.05) is 73.2 Å². The van der Waals surface area contributed by atoms with Crippen LogP contribution < -0.4 is 15.0 Å². The summed E-state index contributed by atoms with van der Waals surface area (Å²) in [5, 5.41) is 0.677. The van der Waals surface area contributed by atoms with Gasteiger partial charge in [0, 0.05) is 12.2 Å². The van der Waals surface area contributed by atoms with Crippen molar-refractivity contribution in [3.8, 4) is 17.2 Å². The Balaban J connectivity index is 1.68. The first-order valence-corrected chi connectivity index (χ1v) is 10.9. The minimum atomic E-state index is -0.0675. The van der Waals surface area contributed by atoms with Gasteiger partial charge in [-0.25, -0.2) is 4.98 Å². The molecule has 4 aromatic rings. The van der Waals surface area contributed by atoms with Crippen molar-refractivity contribution in [2.45, 2.75) is 25.5 Å². The fraction of sp³-hybridized carbons (Fsp3) is 0.217. The third-order valence-corrected chi connectivity index (χ3v) is 5.99. The van der Waals surface area contributed by atoms with Crippen LogP contribution in [0.1, 0.15) is 16.8 Å². The summed E-state index contributed by atoms with van der Waals surface area (Å²) < 4.78 is 14.6. The Bertz CT molecular complexity index is 1320. The third kappa shape index (κ3) is 3.06. The van der Waals surface area contributed by atoms with Crippen LogP contribution in [-0.2, 0) is 6.54 Å². The summed E-state index contributed by atoms with van der Waals surface area (Å²) in [6, 6.07) is 15.8. The van der Waals surface area contributed by atoms with E-state index in [0.717, 1.165) is 34.0 Å². The SMILES string of the molecule is CSc1nc2cc(C)n(Cc3ccc4c(c3)OCO4)c2c(=O)n1-c1ccc(C)cc1. The van der Waals surface area contributed by atoms with Crippen molar-refractivity contribution in [1.29, 1.82) is 0 Å². The van der Waals surface area contributed by atoms with E-state index in [1.165, 1.54) is 11.8 Å². The second kappa shape index (κ2) is 7.25. The molecule has 0 bridgehead atoms. The molecular weight excluding hydrogens is 398 g/mol. The molecule has 0 fully saturated rings.